The van der Waals surface area contributed by atoms with Gasteiger partial charge in [-0.15, -0.1) is 0 Å². The zero-order valence-corrected chi connectivity index (χ0v) is 12.7. The molecule has 2 unspecified atom stereocenters. The molecule has 1 N–H and O–H groups in total. The highest BCUT2D eigenvalue weighted by atomic mass is 16.7. The highest BCUT2D eigenvalue weighted by molar-refractivity contribution is 4.94. The molecule has 4 heteroatoms. The molecular formula is C16H29NO3. The van der Waals surface area contributed by atoms with Crippen LogP contribution in [-0.4, -0.2) is 54.2 Å². The van der Waals surface area contributed by atoms with Gasteiger partial charge in [-0.3, -0.25) is 4.90 Å². The summed E-state index contributed by atoms with van der Waals surface area (Å²) >= 11 is 0. The average molecular weight is 283 g/mol. The minimum atomic E-state index is -0.400. The van der Waals surface area contributed by atoms with E-state index in [1.54, 1.807) is 0 Å². The summed E-state index contributed by atoms with van der Waals surface area (Å²) in [5.41, 5.74) is 0. The molecule has 0 bridgehead atoms. The Kier molecular flexibility index (Phi) is 4.65. The molecule has 0 aromatic heterocycles. The zero-order chi connectivity index (χ0) is 14.0. The predicted octanol–water partition coefficient (Wildman–Crippen LogP) is 2.30. The number of rotatable bonds is 2. The Labute approximate surface area is 122 Å². The van der Waals surface area contributed by atoms with Gasteiger partial charge in [0.05, 0.1) is 19.3 Å². The second-order valence-corrected chi connectivity index (χ2v) is 6.80. The number of hydrogen-bond donors (Lipinski definition) is 1. The van der Waals surface area contributed by atoms with E-state index in [1.165, 1.54) is 38.5 Å². The lowest BCUT2D eigenvalue weighted by molar-refractivity contribution is -0.206. The van der Waals surface area contributed by atoms with Crippen molar-refractivity contribution in [3.63, 3.8) is 0 Å². The summed E-state index contributed by atoms with van der Waals surface area (Å²) in [5, 5.41) is 10.4. The third kappa shape index (κ3) is 3.03. The third-order valence-electron chi connectivity index (χ3n) is 5.52. The molecule has 0 radical (unpaired) electrons. The smallest absolute Gasteiger partial charge is 0.170 e. The number of aliphatic hydroxyl groups is 1. The van der Waals surface area contributed by atoms with E-state index in [0.29, 0.717) is 19.3 Å². The molecular weight excluding hydrogens is 254 g/mol. The molecule has 3 rings (SSSR count). The minimum Gasteiger partial charge on any atom is -0.391 e. The first kappa shape index (κ1) is 14.8. The Morgan fingerprint density at radius 2 is 1.65 bits per heavy atom. The third-order valence-corrected chi connectivity index (χ3v) is 5.52. The van der Waals surface area contributed by atoms with Gasteiger partial charge in [-0.05, 0) is 26.3 Å². The van der Waals surface area contributed by atoms with E-state index < -0.39 is 5.79 Å². The molecule has 2 saturated carbocycles. The topological polar surface area (TPSA) is 41.9 Å². The number of aliphatic hydroxyl groups excluding tert-OH is 1. The molecule has 4 nitrogen and oxygen atoms in total. The molecule has 1 aliphatic heterocycles. The van der Waals surface area contributed by atoms with E-state index in [0.717, 1.165) is 19.3 Å². The van der Waals surface area contributed by atoms with Gasteiger partial charge in [0.25, 0.3) is 0 Å². The van der Waals surface area contributed by atoms with Gasteiger partial charge in [-0.2, -0.15) is 0 Å². The van der Waals surface area contributed by atoms with Gasteiger partial charge in [0.2, 0.25) is 0 Å². The highest BCUT2D eigenvalue weighted by Gasteiger charge is 2.46. The van der Waals surface area contributed by atoms with Crippen LogP contribution in [0.1, 0.15) is 57.8 Å². The zero-order valence-electron chi connectivity index (χ0n) is 12.7. The van der Waals surface area contributed by atoms with Crippen molar-refractivity contribution in [2.45, 2.75) is 81.8 Å². The number of nitrogens with zero attached hydrogens (tertiary/aromatic N) is 1. The molecule has 1 saturated heterocycles. The van der Waals surface area contributed by atoms with Crippen molar-refractivity contribution in [3.05, 3.63) is 0 Å². The number of likely N-dealkylation sites (N-methyl/N-ethyl adjacent to an activating group) is 1. The van der Waals surface area contributed by atoms with Crippen LogP contribution in [0.2, 0.25) is 0 Å². The first-order chi connectivity index (χ1) is 9.70. The lowest BCUT2D eigenvalue weighted by atomic mass is 9.85. The quantitative estimate of drug-likeness (QED) is 0.790. The van der Waals surface area contributed by atoms with Crippen molar-refractivity contribution in [1.29, 1.82) is 0 Å². The van der Waals surface area contributed by atoms with Gasteiger partial charge in [0.1, 0.15) is 0 Å². The van der Waals surface area contributed by atoms with Crippen molar-refractivity contribution >= 4 is 0 Å². The second-order valence-electron chi connectivity index (χ2n) is 6.80. The van der Waals surface area contributed by atoms with Crippen LogP contribution in [0.3, 0.4) is 0 Å². The first-order valence-electron chi connectivity index (χ1n) is 8.38. The second kappa shape index (κ2) is 6.30. The maximum Gasteiger partial charge on any atom is 0.170 e. The molecule has 0 amide bonds. The molecule has 0 aromatic rings. The molecule has 3 aliphatic rings. The van der Waals surface area contributed by atoms with Crippen molar-refractivity contribution in [1.82, 2.24) is 4.90 Å². The largest absolute Gasteiger partial charge is 0.391 e. The molecule has 2 atom stereocenters. The van der Waals surface area contributed by atoms with Crippen molar-refractivity contribution in [2.24, 2.45) is 0 Å². The molecule has 1 spiro atoms. The average Bonchev–Trinajstić information content (AvgIpc) is 2.74. The molecule has 1 heterocycles. The normalized spacial score (nSPS) is 35.5. The van der Waals surface area contributed by atoms with Gasteiger partial charge in [-0.1, -0.05) is 25.7 Å². The summed E-state index contributed by atoms with van der Waals surface area (Å²) in [6, 6.07) is 0.804. The summed E-state index contributed by atoms with van der Waals surface area (Å²) in [5.74, 6) is -0.400. The fourth-order valence-electron chi connectivity index (χ4n) is 4.23. The Hall–Kier alpha value is -0.160. The summed E-state index contributed by atoms with van der Waals surface area (Å²) in [6.45, 7) is 1.41. The van der Waals surface area contributed by atoms with Gasteiger partial charge in [0, 0.05) is 24.9 Å². The summed E-state index contributed by atoms with van der Waals surface area (Å²) in [7, 11) is 2.19. The first-order valence-corrected chi connectivity index (χ1v) is 8.38. The Balaban J connectivity index is 1.66. The standard InChI is InChI=1S/C16H29NO3/c1-17(13-6-4-2-3-5-7-13)14-12-16(9-8-15(14)18)19-10-11-20-16/h13-15,18H,2-12H2,1H3. The monoisotopic (exact) mass is 283 g/mol. The van der Waals surface area contributed by atoms with Crippen LogP contribution in [-0.2, 0) is 9.47 Å². The molecule has 3 fully saturated rings. The fourth-order valence-corrected chi connectivity index (χ4v) is 4.23. The van der Waals surface area contributed by atoms with Crippen LogP contribution < -0.4 is 0 Å². The summed E-state index contributed by atoms with van der Waals surface area (Å²) in [6.07, 6.45) is 10.2. The van der Waals surface area contributed by atoms with Crippen LogP contribution in [0.5, 0.6) is 0 Å². The van der Waals surface area contributed by atoms with Crippen LogP contribution in [0.4, 0.5) is 0 Å². The maximum atomic E-state index is 10.4. The van der Waals surface area contributed by atoms with E-state index in [9.17, 15) is 5.11 Å². The van der Waals surface area contributed by atoms with Crippen LogP contribution >= 0.6 is 0 Å². The van der Waals surface area contributed by atoms with Crippen molar-refractivity contribution in [2.75, 3.05) is 20.3 Å². The van der Waals surface area contributed by atoms with E-state index in [4.69, 9.17) is 9.47 Å². The van der Waals surface area contributed by atoms with E-state index in [-0.39, 0.29) is 12.1 Å². The van der Waals surface area contributed by atoms with E-state index >= 15 is 0 Å². The fraction of sp³-hybridized carbons (Fsp3) is 1.00. The number of ether oxygens (including phenoxy) is 2. The molecule has 2 aliphatic carbocycles. The molecule has 20 heavy (non-hydrogen) atoms. The van der Waals surface area contributed by atoms with Crippen LogP contribution in [0.15, 0.2) is 0 Å². The Morgan fingerprint density at radius 1 is 1.00 bits per heavy atom. The van der Waals surface area contributed by atoms with Crippen LogP contribution in [0, 0.1) is 0 Å². The lowest BCUT2D eigenvalue weighted by Gasteiger charge is -2.45. The van der Waals surface area contributed by atoms with Crippen LogP contribution in [0.25, 0.3) is 0 Å². The predicted molar refractivity (Wildman–Crippen MR) is 77.5 cm³/mol. The SMILES string of the molecule is CN(C1CCCCCC1)C1CC2(CCC1O)OCCO2. The highest BCUT2D eigenvalue weighted by Crippen LogP contribution is 2.38. The van der Waals surface area contributed by atoms with E-state index in [1.807, 2.05) is 0 Å². The van der Waals surface area contributed by atoms with Gasteiger partial charge in [-0.25, -0.2) is 0 Å². The lowest BCUT2D eigenvalue weighted by Crippen LogP contribution is -2.54. The molecule has 116 valence electrons. The van der Waals surface area contributed by atoms with Crippen molar-refractivity contribution in [3.8, 4) is 0 Å². The molecule has 0 aromatic carbocycles. The van der Waals surface area contributed by atoms with Gasteiger partial charge in [0.15, 0.2) is 5.79 Å². The van der Waals surface area contributed by atoms with Crippen molar-refractivity contribution < 1.29 is 14.6 Å². The van der Waals surface area contributed by atoms with Gasteiger partial charge < -0.3 is 14.6 Å². The summed E-state index contributed by atoms with van der Waals surface area (Å²) in [4.78, 5) is 2.43. The Morgan fingerprint density at radius 3 is 2.30 bits per heavy atom. The Bertz CT molecular complexity index is 309. The maximum absolute atomic E-state index is 10.4. The van der Waals surface area contributed by atoms with E-state index in [2.05, 4.69) is 11.9 Å². The summed E-state index contributed by atoms with van der Waals surface area (Å²) < 4.78 is 11.7. The van der Waals surface area contributed by atoms with Gasteiger partial charge >= 0.3 is 0 Å². The number of hydrogen-bond acceptors (Lipinski definition) is 4. The minimum absolute atomic E-state index is 0.185.